The van der Waals surface area contributed by atoms with Crippen LogP contribution in [0.4, 0.5) is 0 Å². The zero-order chi connectivity index (χ0) is 19.8. The van der Waals surface area contributed by atoms with E-state index in [2.05, 4.69) is 0 Å². The van der Waals surface area contributed by atoms with Crippen LogP contribution in [0.15, 0.2) is 78.9 Å². The highest BCUT2D eigenvalue weighted by molar-refractivity contribution is 6.30. The third kappa shape index (κ3) is 5.96. The van der Waals surface area contributed by atoms with Gasteiger partial charge < -0.3 is 9.47 Å². The second-order valence-electron chi connectivity index (χ2n) is 6.19. The molecule has 3 aromatic rings. The molecule has 0 spiro atoms. The number of rotatable bonds is 7. The van der Waals surface area contributed by atoms with Gasteiger partial charge >= 0.3 is 11.9 Å². The predicted octanol–water partition coefficient (Wildman–Crippen LogP) is 5.24. The molecule has 0 aromatic heterocycles. The number of halogens is 1. The molecule has 0 radical (unpaired) electrons. The lowest BCUT2D eigenvalue weighted by atomic mass is 10.1. The van der Waals surface area contributed by atoms with Gasteiger partial charge in [0, 0.05) is 11.4 Å². The van der Waals surface area contributed by atoms with E-state index in [1.54, 1.807) is 30.3 Å². The van der Waals surface area contributed by atoms with E-state index in [4.69, 9.17) is 21.1 Å². The second kappa shape index (κ2) is 9.72. The summed E-state index contributed by atoms with van der Waals surface area (Å²) in [6, 6.07) is 23.1. The van der Waals surface area contributed by atoms with Gasteiger partial charge in [0.1, 0.15) is 12.4 Å². The fourth-order valence-electron chi connectivity index (χ4n) is 2.59. The summed E-state index contributed by atoms with van der Waals surface area (Å²) in [4.78, 5) is 24.1. The Kier molecular flexibility index (Phi) is 6.82. The Balaban J connectivity index is 1.48. The molecule has 0 aliphatic rings. The van der Waals surface area contributed by atoms with Crippen LogP contribution in [0, 0.1) is 0 Å². The Morgan fingerprint density at radius 2 is 1.54 bits per heavy atom. The maximum Gasteiger partial charge on any atom is 0.338 e. The maximum atomic E-state index is 12.1. The molecule has 0 bridgehead atoms. The SMILES string of the molecule is O=C(CCc1cccc(Cl)c1)Oc1ccc(C(=O)OCc2ccccc2)cc1. The van der Waals surface area contributed by atoms with Gasteiger partial charge in [-0.05, 0) is 53.9 Å². The van der Waals surface area contributed by atoms with E-state index in [1.165, 1.54) is 0 Å². The maximum absolute atomic E-state index is 12.1. The second-order valence-corrected chi connectivity index (χ2v) is 6.63. The number of ether oxygens (including phenoxy) is 2. The van der Waals surface area contributed by atoms with Crippen molar-refractivity contribution < 1.29 is 19.1 Å². The molecular formula is C23H19ClO4. The summed E-state index contributed by atoms with van der Waals surface area (Å²) in [7, 11) is 0. The summed E-state index contributed by atoms with van der Waals surface area (Å²) in [5.41, 5.74) is 2.29. The highest BCUT2D eigenvalue weighted by Gasteiger charge is 2.10. The first kappa shape index (κ1) is 19.6. The molecule has 0 saturated heterocycles. The molecule has 3 aromatic carbocycles. The van der Waals surface area contributed by atoms with Crippen LogP contribution in [0.25, 0.3) is 0 Å². The predicted molar refractivity (Wildman–Crippen MR) is 107 cm³/mol. The fraction of sp³-hybridized carbons (Fsp3) is 0.130. The summed E-state index contributed by atoms with van der Waals surface area (Å²) >= 11 is 5.93. The van der Waals surface area contributed by atoms with Crippen molar-refractivity contribution in [3.8, 4) is 5.75 Å². The highest BCUT2D eigenvalue weighted by atomic mass is 35.5. The van der Waals surface area contributed by atoms with Crippen molar-refractivity contribution in [1.82, 2.24) is 0 Å². The van der Waals surface area contributed by atoms with E-state index in [9.17, 15) is 9.59 Å². The summed E-state index contributed by atoms with van der Waals surface area (Å²) < 4.78 is 10.6. The number of hydrogen-bond donors (Lipinski definition) is 0. The van der Waals surface area contributed by atoms with Gasteiger partial charge in [-0.1, -0.05) is 54.1 Å². The molecule has 4 nitrogen and oxygen atoms in total. The Morgan fingerprint density at radius 3 is 2.25 bits per heavy atom. The lowest BCUT2D eigenvalue weighted by Crippen LogP contribution is -2.09. The minimum atomic E-state index is -0.428. The van der Waals surface area contributed by atoms with E-state index >= 15 is 0 Å². The summed E-state index contributed by atoms with van der Waals surface area (Å²) in [5.74, 6) is -0.391. The number of esters is 2. The lowest BCUT2D eigenvalue weighted by molar-refractivity contribution is -0.134. The largest absolute Gasteiger partial charge is 0.457 e. The molecule has 0 aliphatic heterocycles. The lowest BCUT2D eigenvalue weighted by Gasteiger charge is -2.07. The fourth-order valence-corrected chi connectivity index (χ4v) is 2.80. The minimum absolute atomic E-state index is 0.208. The van der Waals surface area contributed by atoms with Crippen molar-refractivity contribution in [3.05, 3.63) is 101 Å². The van der Waals surface area contributed by atoms with Gasteiger partial charge in [0.05, 0.1) is 5.56 Å². The minimum Gasteiger partial charge on any atom is -0.457 e. The van der Waals surface area contributed by atoms with Gasteiger partial charge in [0.25, 0.3) is 0 Å². The molecule has 142 valence electrons. The van der Waals surface area contributed by atoms with Crippen LogP contribution in [0.1, 0.15) is 27.9 Å². The third-order valence-corrected chi connectivity index (χ3v) is 4.28. The molecule has 0 saturated carbocycles. The van der Waals surface area contributed by atoms with Crippen molar-refractivity contribution in [2.24, 2.45) is 0 Å². The van der Waals surface area contributed by atoms with E-state index in [1.807, 2.05) is 48.5 Å². The molecular weight excluding hydrogens is 376 g/mol. The van der Waals surface area contributed by atoms with Gasteiger partial charge in [-0.3, -0.25) is 4.79 Å². The van der Waals surface area contributed by atoms with Crippen molar-refractivity contribution >= 4 is 23.5 Å². The van der Waals surface area contributed by atoms with Crippen molar-refractivity contribution in [3.63, 3.8) is 0 Å². The van der Waals surface area contributed by atoms with Gasteiger partial charge in [0.2, 0.25) is 0 Å². The number of benzene rings is 3. The van der Waals surface area contributed by atoms with Crippen LogP contribution >= 0.6 is 11.6 Å². The number of aryl methyl sites for hydroxylation is 1. The van der Waals surface area contributed by atoms with Crippen LogP contribution in [-0.2, 0) is 22.6 Å². The Bertz CT molecular complexity index is 936. The molecule has 0 aliphatic carbocycles. The Morgan fingerprint density at radius 1 is 0.821 bits per heavy atom. The molecule has 0 unspecified atom stereocenters. The first-order chi connectivity index (χ1) is 13.6. The van der Waals surface area contributed by atoms with Crippen molar-refractivity contribution in [2.75, 3.05) is 0 Å². The van der Waals surface area contributed by atoms with E-state index in [-0.39, 0.29) is 19.0 Å². The van der Waals surface area contributed by atoms with Gasteiger partial charge in [0.15, 0.2) is 0 Å². The monoisotopic (exact) mass is 394 g/mol. The zero-order valence-corrected chi connectivity index (χ0v) is 15.9. The van der Waals surface area contributed by atoms with E-state index in [0.717, 1.165) is 11.1 Å². The Hall–Kier alpha value is -3.11. The molecule has 0 fully saturated rings. The molecule has 0 amide bonds. The molecule has 0 atom stereocenters. The van der Waals surface area contributed by atoms with Gasteiger partial charge in [-0.15, -0.1) is 0 Å². The average Bonchev–Trinajstić information content (AvgIpc) is 2.72. The number of hydrogen-bond acceptors (Lipinski definition) is 4. The average molecular weight is 395 g/mol. The quantitative estimate of drug-likeness (QED) is 0.406. The zero-order valence-electron chi connectivity index (χ0n) is 15.1. The first-order valence-electron chi connectivity index (χ1n) is 8.86. The summed E-state index contributed by atoms with van der Waals surface area (Å²) in [6.45, 7) is 0.208. The number of carbonyl (C=O) groups excluding carboxylic acids is 2. The molecule has 5 heteroatoms. The third-order valence-electron chi connectivity index (χ3n) is 4.04. The van der Waals surface area contributed by atoms with Crippen LogP contribution < -0.4 is 4.74 Å². The standard InChI is InChI=1S/C23H19ClO4/c24-20-8-4-7-17(15-20)9-14-22(25)28-21-12-10-19(11-13-21)23(26)27-16-18-5-2-1-3-6-18/h1-8,10-13,15H,9,14,16H2. The highest BCUT2D eigenvalue weighted by Crippen LogP contribution is 2.16. The van der Waals surface area contributed by atoms with Crippen molar-refractivity contribution in [2.45, 2.75) is 19.4 Å². The molecule has 0 N–H and O–H groups in total. The number of carbonyl (C=O) groups is 2. The molecule has 0 heterocycles. The topological polar surface area (TPSA) is 52.6 Å². The first-order valence-corrected chi connectivity index (χ1v) is 9.24. The van der Waals surface area contributed by atoms with Crippen LogP contribution in [0.5, 0.6) is 5.75 Å². The smallest absolute Gasteiger partial charge is 0.338 e. The van der Waals surface area contributed by atoms with Gasteiger partial charge in [-0.2, -0.15) is 0 Å². The summed E-state index contributed by atoms with van der Waals surface area (Å²) in [6.07, 6.45) is 0.782. The van der Waals surface area contributed by atoms with E-state index in [0.29, 0.717) is 22.8 Å². The normalized spacial score (nSPS) is 10.3. The van der Waals surface area contributed by atoms with Crippen LogP contribution in [0.3, 0.4) is 0 Å². The Labute approximate surface area is 168 Å². The van der Waals surface area contributed by atoms with Crippen LogP contribution in [-0.4, -0.2) is 11.9 Å². The van der Waals surface area contributed by atoms with E-state index < -0.39 is 5.97 Å². The van der Waals surface area contributed by atoms with Crippen LogP contribution in [0.2, 0.25) is 5.02 Å². The van der Waals surface area contributed by atoms with Crippen molar-refractivity contribution in [1.29, 1.82) is 0 Å². The molecule has 3 rings (SSSR count). The molecule has 28 heavy (non-hydrogen) atoms. The summed E-state index contributed by atoms with van der Waals surface area (Å²) in [5, 5.41) is 0.639. The van der Waals surface area contributed by atoms with Gasteiger partial charge in [-0.25, -0.2) is 4.79 Å².